The highest BCUT2D eigenvalue weighted by molar-refractivity contribution is 5.49. The first-order valence-corrected chi connectivity index (χ1v) is 5.78. The summed E-state index contributed by atoms with van der Waals surface area (Å²) in [6.45, 7) is 0. The van der Waals surface area contributed by atoms with Gasteiger partial charge < -0.3 is 4.74 Å². The van der Waals surface area contributed by atoms with Gasteiger partial charge in [0, 0.05) is 6.07 Å². The molecular weight excluding hydrogens is 332 g/mol. The summed E-state index contributed by atoms with van der Waals surface area (Å²) < 4.78 is 82.6. The quantitative estimate of drug-likeness (QED) is 0.458. The van der Waals surface area contributed by atoms with Crippen LogP contribution in [-0.2, 0) is 6.18 Å². The lowest BCUT2D eigenvalue weighted by Gasteiger charge is -2.12. The van der Waals surface area contributed by atoms with Crippen molar-refractivity contribution >= 4 is 5.69 Å². The SMILES string of the molecule is O=[N+]([O-])c1cccc(F)c1Oc1c(F)cc(C(F)(F)F)cc1F. The predicted molar refractivity (Wildman–Crippen MR) is 64.5 cm³/mol. The summed E-state index contributed by atoms with van der Waals surface area (Å²) >= 11 is 0. The average molecular weight is 337 g/mol. The van der Waals surface area contributed by atoms with Crippen LogP contribution in [0.4, 0.5) is 32.0 Å². The van der Waals surface area contributed by atoms with Gasteiger partial charge in [0.2, 0.25) is 5.75 Å². The van der Waals surface area contributed by atoms with Crippen molar-refractivity contribution in [2.45, 2.75) is 6.18 Å². The highest BCUT2D eigenvalue weighted by Crippen LogP contribution is 2.38. The van der Waals surface area contributed by atoms with Crippen LogP contribution in [0.2, 0.25) is 0 Å². The number of benzene rings is 2. The number of ether oxygens (including phenoxy) is 1. The van der Waals surface area contributed by atoms with E-state index in [2.05, 4.69) is 4.74 Å². The number of hydrogen-bond acceptors (Lipinski definition) is 3. The van der Waals surface area contributed by atoms with Gasteiger partial charge in [0.25, 0.3) is 0 Å². The van der Waals surface area contributed by atoms with Crippen molar-refractivity contribution in [3.8, 4) is 11.5 Å². The van der Waals surface area contributed by atoms with Crippen LogP contribution in [-0.4, -0.2) is 4.92 Å². The molecule has 0 bridgehead atoms. The van der Waals surface area contributed by atoms with Gasteiger partial charge in [-0.3, -0.25) is 10.1 Å². The molecule has 2 aromatic carbocycles. The Bertz CT molecular complexity index is 752. The molecule has 0 radical (unpaired) electrons. The van der Waals surface area contributed by atoms with Crippen LogP contribution >= 0.6 is 0 Å². The minimum absolute atomic E-state index is 0.0644. The molecule has 0 aliphatic rings. The van der Waals surface area contributed by atoms with Crippen LogP contribution in [0.15, 0.2) is 30.3 Å². The summed E-state index contributed by atoms with van der Waals surface area (Å²) in [5.41, 5.74) is -2.56. The third-order valence-corrected chi connectivity index (χ3v) is 2.67. The Morgan fingerprint density at radius 3 is 2.00 bits per heavy atom. The second kappa shape index (κ2) is 5.78. The van der Waals surface area contributed by atoms with Crippen molar-refractivity contribution in [1.29, 1.82) is 0 Å². The number of nitrogens with zero attached hydrogens (tertiary/aromatic N) is 1. The molecule has 0 unspecified atom stereocenters. The third kappa shape index (κ3) is 3.35. The lowest BCUT2D eigenvalue weighted by Crippen LogP contribution is -2.07. The predicted octanol–water partition coefficient (Wildman–Crippen LogP) is 4.82. The first-order valence-electron chi connectivity index (χ1n) is 5.78. The number of para-hydroxylation sites is 1. The van der Waals surface area contributed by atoms with Gasteiger partial charge in [0.05, 0.1) is 10.5 Å². The molecule has 0 atom stereocenters. The van der Waals surface area contributed by atoms with Gasteiger partial charge in [-0.05, 0) is 18.2 Å². The average Bonchev–Trinajstić information content (AvgIpc) is 2.42. The zero-order chi connectivity index (χ0) is 17.4. The summed E-state index contributed by atoms with van der Waals surface area (Å²) in [4.78, 5) is 9.67. The van der Waals surface area contributed by atoms with Crippen LogP contribution in [0.1, 0.15) is 5.56 Å². The van der Waals surface area contributed by atoms with Crippen molar-refractivity contribution in [2.24, 2.45) is 0 Å². The molecule has 0 saturated carbocycles. The summed E-state index contributed by atoms with van der Waals surface area (Å²) in [5, 5.41) is 10.7. The van der Waals surface area contributed by atoms with Gasteiger partial charge in [0.15, 0.2) is 23.2 Å². The van der Waals surface area contributed by atoms with Crippen LogP contribution < -0.4 is 4.74 Å². The largest absolute Gasteiger partial charge is 0.441 e. The fourth-order valence-corrected chi connectivity index (χ4v) is 1.67. The number of rotatable bonds is 3. The molecule has 0 fully saturated rings. The van der Waals surface area contributed by atoms with Crippen molar-refractivity contribution in [3.63, 3.8) is 0 Å². The van der Waals surface area contributed by atoms with Gasteiger partial charge in [-0.2, -0.15) is 13.2 Å². The van der Waals surface area contributed by atoms with E-state index in [1.165, 1.54) is 0 Å². The van der Waals surface area contributed by atoms with E-state index in [9.17, 15) is 36.5 Å². The molecule has 0 heterocycles. The van der Waals surface area contributed by atoms with E-state index in [4.69, 9.17) is 0 Å². The summed E-state index contributed by atoms with van der Waals surface area (Å²) in [6.07, 6.45) is -5.01. The summed E-state index contributed by atoms with van der Waals surface area (Å²) in [6, 6.07) is 2.36. The number of hydrogen-bond donors (Lipinski definition) is 0. The molecule has 0 aliphatic heterocycles. The molecule has 0 N–H and O–H groups in total. The third-order valence-electron chi connectivity index (χ3n) is 2.67. The molecule has 2 aromatic rings. The Balaban J connectivity index is 2.53. The first-order chi connectivity index (χ1) is 10.6. The van der Waals surface area contributed by atoms with Gasteiger partial charge in [-0.25, -0.2) is 13.2 Å². The molecule has 4 nitrogen and oxygen atoms in total. The molecule has 10 heteroatoms. The minimum Gasteiger partial charge on any atom is -0.441 e. The molecule has 0 saturated heterocycles. The number of alkyl halides is 3. The highest BCUT2D eigenvalue weighted by Gasteiger charge is 2.33. The van der Waals surface area contributed by atoms with E-state index in [-0.39, 0.29) is 12.1 Å². The fraction of sp³-hybridized carbons (Fsp3) is 0.0769. The normalized spacial score (nSPS) is 11.4. The Hall–Kier alpha value is -2.78. The van der Waals surface area contributed by atoms with Crippen LogP contribution in [0.3, 0.4) is 0 Å². The van der Waals surface area contributed by atoms with Crippen molar-refractivity contribution < 1.29 is 36.0 Å². The number of halogens is 6. The van der Waals surface area contributed by atoms with E-state index in [0.717, 1.165) is 18.2 Å². The summed E-state index contributed by atoms with van der Waals surface area (Å²) in [7, 11) is 0. The van der Waals surface area contributed by atoms with E-state index >= 15 is 0 Å². The maximum Gasteiger partial charge on any atom is 0.416 e. The zero-order valence-electron chi connectivity index (χ0n) is 10.8. The first kappa shape index (κ1) is 16.6. The maximum atomic E-state index is 13.6. The Labute approximate surface area is 124 Å². The smallest absolute Gasteiger partial charge is 0.416 e. The molecule has 2 rings (SSSR count). The fourth-order valence-electron chi connectivity index (χ4n) is 1.67. The van der Waals surface area contributed by atoms with E-state index in [1.54, 1.807) is 0 Å². The van der Waals surface area contributed by atoms with Crippen LogP contribution in [0.25, 0.3) is 0 Å². The van der Waals surface area contributed by atoms with Crippen molar-refractivity contribution in [2.75, 3.05) is 0 Å². The Morgan fingerprint density at radius 2 is 1.52 bits per heavy atom. The molecular formula is C13H5F6NO3. The van der Waals surface area contributed by atoms with Gasteiger partial charge in [-0.1, -0.05) is 6.07 Å². The van der Waals surface area contributed by atoms with Crippen molar-refractivity contribution in [1.82, 2.24) is 0 Å². The van der Waals surface area contributed by atoms with E-state index in [0.29, 0.717) is 0 Å². The number of nitro groups is 1. The summed E-state index contributed by atoms with van der Waals surface area (Å²) in [5.74, 6) is -7.37. The Morgan fingerprint density at radius 1 is 0.957 bits per heavy atom. The zero-order valence-corrected chi connectivity index (χ0v) is 10.8. The van der Waals surface area contributed by atoms with Gasteiger partial charge in [-0.15, -0.1) is 0 Å². The van der Waals surface area contributed by atoms with Crippen molar-refractivity contribution in [3.05, 3.63) is 63.5 Å². The standard InChI is InChI=1S/C13H5F6NO3/c14-7-2-1-3-10(20(21)22)12(7)23-11-8(15)4-6(5-9(11)16)13(17,18)19/h1-5H. The molecule has 122 valence electrons. The van der Waals surface area contributed by atoms with E-state index < -0.39 is 51.3 Å². The molecule has 0 aromatic heterocycles. The van der Waals surface area contributed by atoms with Crippen LogP contribution in [0, 0.1) is 27.6 Å². The maximum absolute atomic E-state index is 13.6. The van der Waals surface area contributed by atoms with Gasteiger partial charge in [0.1, 0.15) is 0 Å². The topological polar surface area (TPSA) is 52.4 Å². The van der Waals surface area contributed by atoms with Gasteiger partial charge >= 0.3 is 11.9 Å². The molecule has 0 spiro atoms. The van der Waals surface area contributed by atoms with E-state index in [1.807, 2.05) is 0 Å². The second-order valence-corrected chi connectivity index (χ2v) is 4.21. The Kier molecular flexibility index (Phi) is 4.17. The second-order valence-electron chi connectivity index (χ2n) is 4.21. The molecule has 23 heavy (non-hydrogen) atoms. The molecule has 0 aliphatic carbocycles. The lowest BCUT2D eigenvalue weighted by atomic mass is 10.2. The van der Waals surface area contributed by atoms with Crippen LogP contribution in [0.5, 0.6) is 11.5 Å². The monoisotopic (exact) mass is 337 g/mol. The lowest BCUT2D eigenvalue weighted by molar-refractivity contribution is -0.385. The minimum atomic E-state index is -5.01. The molecule has 0 amide bonds. The highest BCUT2D eigenvalue weighted by atomic mass is 19.4. The number of nitro benzene ring substituents is 1.